The lowest BCUT2D eigenvalue weighted by atomic mass is 9.79. The summed E-state index contributed by atoms with van der Waals surface area (Å²) in [5.41, 5.74) is 3.52. The molecule has 0 saturated carbocycles. The molecule has 21 heavy (non-hydrogen) atoms. The van der Waals surface area contributed by atoms with Crippen LogP contribution in [0.5, 0.6) is 0 Å². The Morgan fingerprint density at radius 1 is 1.43 bits per heavy atom. The Hall–Kier alpha value is -1.90. The number of rotatable bonds is 4. The Kier molecular flexibility index (Phi) is 4.31. The normalized spacial score (nSPS) is 18.2. The van der Waals surface area contributed by atoms with E-state index in [0.29, 0.717) is 26.1 Å². The SMILES string of the molecule is NC(=O)C1(CNc2nccc(C(F)(F)F)n2)CCOCC1. The highest BCUT2D eigenvalue weighted by molar-refractivity contribution is 5.81. The number of alkyl halides is 3. The summed E-state index contributed by atoms with van der Waals surface area (Å²) in [6, 6.07) is 0.781. The Morgan fingerprint density at radius 3 is 2.67 bits per heavy atom. The smallest absolute Gasteiger partial charge is 0.381 e. The van der Waals surface area contributed by atoms with Gasteiger partial charge in [-0.15, -0.1) is 0 Å². The topological polar surface area (TPSA) is 90.1 Å². The lowest BCUT2D eigenvalue weighted by molar-refractivity contribution is -0.141. The van der Waals surface area contributed by atoms with E-state index in [9.17, 15) is 18.0 Å². The molecule has 116 valence electrons. The fourth-order valence-electron chi connectivity index (χ4n) is 2.12. The number of aromatic nitrogens is 2. The summed E-state index contributed by atoms with van der Waals surface area (Å²) in [7, 11) is 0. The Morgan fingerprint density at radius 2 is 2.10 bits per heavy atom. The number of amides is 1. The predicted octanol–water partition coefficient (Wildman–Crippen LogP) is 1.19. The number of nitrogens with zero attached hydrogens (tertiary/aromatic N) is 2. The van der Waals surface area contributed by atoms with Crippen molar-refractivity contribution >= 4 is 11.9 Å². The van der Waals surface area contributed by atoms with Crippen molar-refractivity contribution < 1.29 is 22.7 Å². The summed E-state index contributed by atoms with van der Waals surface area (Å²) >= 11 is 0. The number of halogens is 3. The third kappa shape index (κ3) is 3.60. The number of primary amides is 1. The van der Waals surface area contributed by atoms with Crippen molar-refractivity contribution in [2.24, 2.45) is 11.1 Å². The first-order valence-corrected chi connectivity index (χ1v) is 6.35. The second-order valence-corrected chi connectivity index (χ2v) is 4.87. The van der Waals surface area contributed by atoms with Gasteiger partial charge in [0.1, 0.15) is 5.69 Å². The van der Waals surface area contributed by atoms with E-state index >= 15 is 0 Å². The van der Waals surface area contributed by atoms with Gasteiger partial charge in [-0.25, -0.2) is 9.97 Å². The minimum atomic E-state index is -4.54. The summed E-state index contributed by atoms with van der Waals surface area (Å²) in [6.07, 6.45) is -2.71. The molecule has 3 N–H and O–H groups in total. The van der Waals surface area contributed by atoms with E-state index < -0.39 is 23.2 Å². The number of nitrogens with one attached hydrogen (secondary N) is 1. The largest absolute Gasteiger partial charge is 0.433 e. The minimum Gasteiger partial charge on any atom is -0.381 e. The van der Waals surface area contributed by atoms with E-state index in [2.05, 4.69) is 15.3 Å². The molecule has 0 bridgehead atoms. The number of carbonyl (C=O) groups is 1. The zero-order chi connectivity index (χ0) is 15.5. The number of anilines is 1. The summed E-state index contributed by atoms with van der Waals surface area (Å²) < 4.78 is 42.8. The molecule has 0 atom stereocenters. The molecule has 1 saturated heterocycles. The molecule has 1 fully saturated rings. The van der Waals surface area contributed by atoms with Crippen molar-refractivity contribution in [3.8, 4) is 0 Å². The van der Waals surface area contributed by atoms with Crippen molar-refractivity contribution in [1.29, 1.82) is 0 Å². The zero-order valence-corrected chi connectivity index (χ0v) is 11.1. The van der Waals surface area contributed by atoms with Crippen molar-refractivity contribution in [2.45, 2.75) is 19.0 Å². The Balaban J connectivity index is 2.09. The van der Waals surface area contributed by atoms with Crippen LogP contribution in [0.2, 0.25) is 0 Å². The molecule has 9 heteroatoms. The molecule has 0 unspecified atom stereocenters. The van der Waals surface area contributed by atoms with Gasteiger partial charge in [-0.05, 0) is 18.9 Å². The van der Waals surface area contributed by atoms with E-state index in [0.717, 1.165) is 12.3 Å². The van der Waals surface area contributed by atoms with Gasteiger partial charge >= 0.3 is 6.18 Å². The standard InChI is InChI=1S/C12H15F3N4O2/c13-12(14,15)8-1-4-17-10(19-8)18-7-11(9(16)20)2-5-21-6-3-11/h1,4H,2-3,5-7H2,(H2,16,20)(H,17,18,19). The molecule has 1 aromatic rings. The van der Waals surface area contributed by atoms with Crippen LogP contribution in [0.1, 0.15) is 18.5 Å². The van der Waals surface area contributed by atoms with Crippen LogP contribution in [-0.4, -0.2) is 35.6 Å². The van der Waals surface area contributed by atoms with E-state index in [1.54, 1.807) is 0 Å². The molecule has 6 nitrogen and oxygen atoms in total. The van der Waals surface area contributed by atoms with Crippen LogP contribution >= 0.6 is 0 Å². The summed E-state index contributed by atoms with van der Waals surface area (Å²) in [5, 5.41) is 2.67. The quantitative estimate of drug-likeness (QED) is 0.872. The molecule has 1 aromatic heterocycles. The van der Waals surface area contributed by atoms with Crippen LogP contribution in [0, 0.1) is 5.41 Å². The number of carbonyl (C=O) groups excluding carboxylic acids is 1. The highest BCUT2D eigenvalue weighted by Crippen LogP contribution is 2.31. The average molecular weight is 304 g/mol. The molecule has 0 aromatic carbocycles. The molecule has 1 aliphatic rings. The van der Waals surface area contributed by atoms with Crippen LogP contribution in [0.25, 0.3) is 0 Å². The Labute approximate surface area is 118 Å². The fourth-order valence-corrected chi connectivity index (χ4v) is 2.12. The van der Waals surface area contributed by atoms with Crippen LogP contribution in [-0.2, 0) is 15.7 Å². The highest BCUT2D eigenvalue weighted by atomic mass is 19.4. The van der Waals surface area contributed by atoms with Crippen LogP contribution in [0.3, 0.4) is 0 Å². The van der Waals surface area contributed by atoms with Crippen molar-refractivity contribution in [2.75, 3.05) is 25.1 Å². The van der Waals surface area contributed by atoms with E-state index in [-0.39, 0.29) is 12.5 Å². The van der Waals surface area contributed by atoms with Gasteiger partial charge in [0, 0.05) is 26.0 Å². The first-order chi connectivity index (χ1) is 9.83. The maximum Gasteiger partial charge on any atom is 0.433 e. The van der Waals surface area contributed by atoms with Crippen molar-refractivity contribution in [3.63, 3.8) is 0 Å². The van der Waals surface area contributed by atoms with Gasteiger partial charge in [0.25, 0.3) is 0 Å². The number of nitrogens with two attached hydrogens (primary N) is 1. The number of hydrogen-bond donors (Lipinski definition) is 2. The number of ether oxygens (including phenoxy) is 1. The van der Waals surface area contributed by atoms with E-state index in [1.165, 1.54) is 0 Å². The molecular formula is C12H15F3N4O2. The van der Waals surface area contributed by atoms with Gasteiger partial charge < -0.3 is 15.8 Å². The van der Waals surface area contributed by atoms with Crippen LogP contribution < -0.4 is 11.1 Å². The maximum atomic E-state index is 12.6. The van der Waals surface area contributed by atoms with Gasteiger partial charge in [-0.3, -0.25) is 4.79 Å². The molecule has 1 amide bonds. The van der Waals surface area contributed by atoms with Crippen LogP contribution in [0.4, 0.5) is 19.1 Å². The average Bonchev–Trinajstić information content (AvgIpc) is 2.45. The molecule has 2 rings (SSSR count). The predicted molar refractivity (Wildman–Crippen MR) is 67.2 cm³/mol. The zero-order valence-electron chi connectivity index (χ0n) is 11.1. The maximum absolute atomic E-state index is 12.6. The fraction of sp³-hybridized carbons (Fsp3) is 0.583. The van der Waals surface area contributed by atoms with Gasteiger partial charge in [0.15, 0.2) is 0 Å². The molecule has 1 aliphatic heterocycles. The van der Waals surface area contributed by atoms with Gasteiger partial charge in [0.05, 0.1) is 5.41 Å². The third-order valence-electron chi connectivity index (χ3n) is 3.50. The minimum absolute atomic E-state index is 0.0764. The number of hydrogen-bond acceptors (Lipinski definition) is 5. The van der Waals surface area contributed by atoms with E-state index in [4.69, 9.17) is 10.5 Å². The monoisotopic (exact) mass is 304 g/mol. The first kappa shape index (κ1) is 15.5. The third-order valence-corrected chi connectivity index (χ3v) is 3.50. The van der Waals surface area contributed by atoms with Crippen molar-refractivity contribution in [3.05, 3.63) is 18.0 Å². The lowest BCUT2D eigenvalue weighted by Gasteiger charge is -2.34. The van der Waals surface area contributed by atoms with Gasteiger partial charge in [-0.2, -0.15) is 13.2 Å². The van der Waals surface area contributed by atoms with Crippen molar-refractivity contribution in [1.82, 2.24) is 9.97 Å². The van der Waals surface area contributed by atoms with Gasteiger partial charge in [0.2, 0.25) is 11.9 Å². The van der Waals surface area contributed by atoms with Gasteiger partial charge in [-0.1, -0.05) is 0 Å². The highest BCUT2D eigenvalue weighted by Gasteiger charge is 2.39. The molecule has 0 radical (unpaired) electrons. The lowest BCUT2D eigenvalue weighted by Crippen LogP contribution is -2.46. The molecule has 0 aliphatic carbocycles. The Bertz CT molecular complexity index is 515. The summed E-state index contributed by atoms with van der Waals surface area (Å²) in [6.45, 7) is 0.842. The van der Waals surface area contributed by atoms with E-state index in [1.807, 2.05) is 0 Å². The summed E-state index contributed by atoms with van der Waals surface area (Å²) in [5.74, 6) is -0.692. The van der Waals surface area contributed by atoms with Crippen LogP contribution in [0.15, 0.2) is 12.3 Å². The first-order valence-electron chi connectivity index (χ1n) is 6.35. The molecule has 2 heterocycles. The molecule has 0 spiro atoms. The molecular weight excluding hydrogens is 289 g/mol. The summed E-state index contributed by atoms with van der Waals surface area (Å²) in [4.78, 5) is 18.7. The second kappa shape index (κ2) is 5.84. The second-order valence-electron chi connectivity index (χ2n) is 4.87.